The van der Waals surface area contributed by atoms with Crippen molar-refractivity contribution in [2.45, 2.75) is 18.9 Å². The summed E-state index contributed by atoms with van der Waals surface area (Å²) in [5, 5.41) is 3.36. The minimum atomic E-state index is -0.216. The number of hydrogen-bond donors (Lipinski definition) is 1. The van der Waals surface area contributed by atoms with Crippen molar-refractivity contribution < 1.29 is 9.13 Å². The third-order valence-corrected chi connectivity index (χ3v) is 3.55. The fourth-order valence-electron chi connectivity index (χ4n) is 2.64. The van der Waals surface area contributed by atoms with Crippen molar-refractivity contribution in [1.29, 1.82) is 0 Å². The van der Waals surface area contributed by atoms with E-state index >= 15 is 0 Å². The van der Waals surface area contributed by atoms with Crippen LogP contribution >= 0.6 is 0 Å². The first-order valence-electron chi connectivity index (χ1n) is 6.00. The van der Waals surface area contributed by atoms with Crippen LogP contribution in [0.3, 0.4) is 0 Å². The van der Waals surface area contributed by atoms with E-state index in [9.17, 15) is 4.39 Å². The molecule has 2 fully saturated rings. The van der Waals surface area contributed by atoms with Crippen molar-refractivity contribution in [1.82, 2.24) is 10.2 Å². The molecule has 0 bridgehead atoms. The number of piperidine rings is 1. The number of alkyl halides is 1. The zero-order valence-corrected chi connectivity index (χ0v) is 9.25. The summed E-state index contributed by atoms with van der Waals surface area (Å²) < 4.78 is 18.4. The molecule has 2 saturated heterocycles. The maximum absolute atomic E-state index is 13.1. The van der Waals surface area contributed by atoms with Crippen molar-refractivity contribution in [3.63, 3.8) is 0 Å². The molecule has 0 saturated carbocycles. The highest BCUT2D eigenvalue weighted by atomic mass is 19.1. The molecule has 0 aromatic heterocycles. The molecule has 2 heterocycles. The summed E-state index contributed by atoms with van der Waals surface area (Å²) in [6.07, 6.45) is 2.35. The molecule has 0 aromatic carbocycles. The third-order valence-electron chi connectivity index (χ3n) is 3.55. The van der Waals surface area contributed by atoms with Crippen molar-refractivity contribution in [2.75, 3.05) is 46.1 Å². The van der Waals surface area contributed by atoms with Gasteiger partial charge in [-0.1, -0.05) is 0 Å². The van der Waals surface area contributed by atoms with E-state index in [2.05, 4.69) is 10.2 Å². The van der Waals surface area contributed by atoms with Crippen molar-refractivity contribution in [3.05, 3.63) is 0 Å². The van der Waals surface area contributed by atoms with Gasteiger partial charge in [-0.2, -0.15) is 0 Å². The van der Waals surface area contributed by atoms with Gasteiger partial charge in [0.15, 0.2) is 0 Å². The van der Waals surface area contributed by atoms with Crippen LogP contribution < -0.4 is 5.32 Å². The Bertz CT molecular complexity index is 161. The van der Waals surface area contributed by atoms with Crippen molar-refractivity contribution in [3.8, 4) is 0 Å². The summed E-state index contributed by atoms with van der Waals surface area (Å²) >= 11 is 0. The number of nitrogens with zero attached hydrogens (tertiary/aromatic N) is 1. The lowest BCUT2D eigenvalue weighted by Crippen LogP contribution is -2.51. The molecule has 2 aliphatic rings. The Kier molecular flexibility index (Phi) is 4.35. The summed E-state index contributed by atoms with van der Waals surface area (Å²) in [4.78, 5) is 2.27. The minimum absolute atomic E-state index is 0.113. The predicted molar refractivity (Wildman–Crippen MR) is 57.7 cm³/mol. The number of hydrogen-bond acceptors (Lipinski definition) is 3. The molecule has 0 spiro atoms. The number of ether oxygens (including phenoxy) is 1. The summed E-state index contributed by atoms with van der Waals surface area (Å²) in [5.74, 6) is 0.488. The molecule has 0 radical (unpaired) electrons. The van der Waals surface area contributed by atoms with E-state index < -0.39 is 0 Å². The lowest BCUT2D eigenvalue weighted by Gasteiger charge is -2.39. The van der Waals surface area contributed by atoms with Crippen LogP contribution in [0.5, 0.6) is 0 Å². The fourth-order valence-corrected chi connectivity index (χ4v) is 2.64. The predicted octanol–water partition coefficient (Wildman–Crippen LogP) is 0.656. The zero-order chi connectivity index (χ0) is 10.5. The van der Waals surface area contributed by atoms with Gasteiger partial charge in [0.05, 0.1) is 13.2 Å². The quantitative estimate of drug-likeness (QED) is 0.750. The van der Waals surface area contributed by atoms with Crippen LogP contribution in [0.1, 0.15) is 12.8 Å². The van der Waals surface area contributed by atoms with Crippen molar-refractivity contribution >= 4 is 0 Å². The van der Waals surface area contributed by atoms with Crippen LogP contribution in [-0.2, 0) is 4.74 Å². The normalized spacial score (nSPS) is 31.4. The highest BCUT2D eigenvalue weighted by Crippen LogP contribution is 2.20. The Hall–Kier alpha value is -0.190. The van der Waals surface area contributed by atoms with Crippen LogP contribution in [-0.4, -0.2) is 57.0 Å². The van der Waals surface area contributed by atoms with Gasteiger partial charge in [0.25, 0.3) is 0 Å². The maximum atomic E-state index is 13.1. The van der Waals surface area contributed by atoms with E-state index in [0.29, 0.717) is 5.92 Å². The molecular formula is C11H21FN2O. The van der Waals surface area contributed by atoms with Gasteiger partial charge in [0.2, 0.25) is 0 Å². The van der Waals surface area contributed by atoms with E-state index in [-0.39, 0.29) is 12.7 Å². The molecule has 0 amide bonds. The molecule has 0 aromatic rings. The third kappa shape index (κ3) is 2.89. The van der Waals surface area contributed by atoms with E-state index in [1.807, 2.05) is 0 Å². The first-order chi connectivity index (χ1) is 7.42. The molecule has 4 heteroatoms. The van der Waals surface area contributed by atoms with Gasteiger partial charge in [0, 0.05) is 19.1 Å². The van der Waals surface area contributed by atoms with E-state index in [1.54, 1.807) is 0 Å². The molecular weight excluding hydrogens is 195 g/mol. The molecule has 15 heavy (non-hydrogen) atoms. The van der Waals surface area contributed by atoms with Crippen molar-refractivity contribution in [2.24, 2.45) is 5.92 Å². The monoisotopic (exact) mass is 216 g/mol. The number of nitrogens with one attached hydrogen (secondary N) is 1. The van der Waals surface area contributed by atoms with E-state index in [4.69, 9.17) is 4.74 Å². The Morgan fingerprint density at radius 3 is 2.80 bits per heavy atom. The number of rotatable bonds is 3. The molecule has 88 valence electrons. The Morgan fingerprint density at radius 1 is 1.40 bits per heavy atom. The molecule has 2 rings (SSSR count). The summed E-state index contributed by atoms with van der Waals surface area (Å²) in [6.45, 7) is 5.17. The average Bonchev–Trinajstić information content (AvgIpc) is 2.33. The Balaban J connectivity index is 1.88. The average molecular weight is 216 g/mol. The molecule has 1 N–H and O–H groups in total. The zero-order valence-electron chi connectivity index (χ0n) is 9.25. The highest BCUT2D eigenvalue weighted by molar-refractivity contribution is 4.84. The lowest BCUT2D eigenvalue weighted by atomic mass is 9.91. The van der Waals surface area contributed by atoms with Crippen LogP contribution in [0.15, 0.2) is 0 Å². The first kappa shape index (κ1) is 11.3. The van der Waals surface area contributed by atoms with Gasteiger partial charge in [-0.15, -0.1) is 0 Å². The van der Waals surface area contributed by atoms with Gasteiger partial charge in [-0.05, 0) is 31.8 Å². The molecule has 2 unspecified atom stereocenters. The first-order valence-corrected chi connectivity index (χ1v) is 6.00. The SMILES string of the molecule is FCC(C1CCCNC1)N1CCOCC1. The highest BCUT2D eigenvalue weighted by Gasteiger charge is 2.29. The minimum Gasteiger partial charge on any atom is -0.379 e. The summed E-state index contributed by atoms with van der Waals surface area (Å²) in [6, 6.07) is 0.113. The van der Waals surface area contributed by atoms with E-state index in [1.165, 1.54) is 12.8 Å². The maximum Gasteiger partial charge on any atom is 0.105 e. The Morgan fingerprint density at radius 2 is 2.20 bits per heavy atom. The second-order valence-corrected chi connectivity index (χ2v) is 4.48. The Labute approximate surface area is 91.0 Å². The van der Waals surface area contributed by atoms with Gasteiger partial charge in [0.1, 0.15) is 6.67 Å². The summed E-state index contributed by atoms with van der Waals surface area (Å²) in [7, 11) is 0. The smallest absolute Gasteiger partial charge is 0.105 e. The topological polar surface area (TPSA) is 24.5 Å². The molecule has 2 atom stereocenters. The van der Waals surface area contributed by atoms with Crippen LogP contribution in [0.2, 0.25) is 0 Å². The van der Waals surface area contributed by atoms with Gasteiger partial charge in [-0.25, -0.2) is 4.39 Å². The number of halogens is 1. The molecule has 3 nitrogen and oxygen atoms in total. The summed E-state index contributed by atoms with van der Waals surface area (Å²) in [5.41, 5.74) is 0. The number of morpholine rings is 1. The second kappa shape index (κ2) is 5.77. The largest absolute Gasteiger partial charge is 0.379 e. The van der Waals surface area contributed by atoms with Crippen LogP contribution in [0.25, 0.3) is 0 Å². The lowest BCUT2D eigenvalue weighted by molar-refractivity contribution is -0.00689. The van der Waals surface area contributed by atoms with Gasteiger partial charge < -0.3 is 10.1 Å². The van der Waals surface area contributed by atoms with Gasteiger partial charge >= 0.3 is 0 Å². The van der Waals surface area contributed by atoms with E-state index in [0.717, 1.165) is 39.4 Å². The van der Waals surface area contributed by atoms with Crippen LogP contribution in [0.4, 0.5) is 4.39 Å². The second-order valence-electron chi connectivity index (χ2n) is 4.48. The molecule has 0 aliphatic carbocycles. The fraction of sp³-hybridized carbons (Fsp3) is 1.00. The van der Waals surface area contributed by atoms with Crippen LogP contribution in [0, 0.1) is 5.92 Å². The standard InChI is InChI=1S/C11H21FN2O/c12-8-11(10-2-1-3-13-9-10)14-4-6-15-7-5-14/h10-11,13H,1-9H2. The van der Waals surface area contributed by atoms with Gasteiger partial charge in [-0.3, -0.25) is 4.90 Å². The molecule has 2 aliphatic heterocycles.